The summed E-state index contributed by atoms with van der Waals surface area (Å²) in [6.07, 6.45) is 5.10. The third-order valence-corrected chi connectivity index (χ3v) is 6.66. The summed E-state index contributed by atoms with van der Waals surface area (Å²) in [6.45, 7) is 3.35. The lowest BCUT2D eigenvalue weighted by molar-refractivity contribution is 0.0724. The maximum atomic E-state index is 13.3. The second-order valence-electron chi connectivity index (χ2n) is 8.65. The van der Waals surface area contributed by atoms with E-state index in [0.717, 1.165) is 42.2 Å². The highest BCUT2D eigenvalue weighted by Gasteiger charge is 2.33. The van der Waals surface area contributed by atoms with E-state index >= 15 is 0 Å². The summed E-state index contributed by atoms with van der Waals surface area (Å²) < 4.78 is 7.74. The molecule has 3 aliphatic rings. The molecule has 1 fully saturated rings. The molecule has 0 radical (unpaired) electrons. The number of amides is 1. The van der Waals surface area contributed by atoms with Crippen molar-refractivity contribution in [3.63, 3.8) is 0 Å². The Balaban J connectivity index is 0.00000130. The van der Waals surface area contributed by atoms with Gasteiger partial charge >= 0.3 is 0 Å². The van der Waals surface area contributed by atoms with Crippen molar-refractivity contribution in [2.24, 2.45) is 5.92 Å². The van der Waals surface area contributed by atoms with Crippen LogP contribution in [0.3, 0.4) is 0 Å². The Labute approximate surface area is 203 Å². The number of halogens is 2. The molecule has 6 rings (SSSR count). The molecule has 0 spiro atoms. The average Bonchev–Trinajstić information content (AvgIpc) is 3.24. The summed E-state index contributed by atoms with van der Waals surface area (Å²) in [4.78, 5) is 36.9. The fourth-order valence-corrected chi connectivity index (χ4v) is 5.11. The van der Waals surface area contributed by atoms with E-state index in [1.807, 2.05) is 22.8 Å². The minimum absolute atomic E-state index is 0. The predicted molar refractivity (Wildman–Crippen MR) is 127 cm³/mol. The van der Waals surface area contributed by atoms with Crippen molar-refractivity contribution >= 4 is 30.7 Å². The van der Waals surface area contributed by atoms with Crippen molar-refractivity contribution in [1.29, 1.82) is 0 Å². The zero-order valence-corrected chi connectivity index (χ0v) is 19.5. The number of nitrogens with zero attached hydrogens (tertiary/aromatic N) is 4. The van der Waals surface area contributed by atoms with Gasteiger partial charge in [0.2, 0.25) is 5.89 Å². The minimum Gasteiger partial charge on any atom is -0.441 e. The third-order valence-electron chi connectivity index (χ3n) is 6.66. The number of rotatable bonds is 2. The van der Waals surface area contributed by atoms with Crippen LogP contribution in [0.4, 0.5) is 0 Å². The number of piperidine rings is 1. The van der Waals surface area contributed by atoms with Crippen LogP contribution in [0.5, 0.6) is 0 Å². The van der Waals surface area contributed by atoms with Crippen LogP contribution in [-0.4, -0.2) is 45.0 Å². The Morgan fingerprint density at radius 3 is 2.88 bits per heavy atom. The first kappa shape index (κ1) is 23.5. The fraction of sp³-hybridized carbons (Fsp3) is 0.391. The zero-order valence-electron chi connectivity index (χ0n) is 17.9. The Hall–Kier alpha value is -2.68. The summed E-state index contributed by atoms with van der Waals surface area (Å²) in [5, 5.41) is 3.45. The molecule has 6 heterocycles. The second-order valence-corrected chi connectivity index (χ2v) is 8.65. The van der Waals surface area contributed by atoms with Crippen LogP contribution in [0, 0.1) is 5.92 Å². The van der Waals surface area contributed by atoms with Gasteiger partial charge in [0.1, 0.15) is 17.0 Å². The average molecular weight is 490 g/mol. The molecule has 3 aliphatic heterocycles. The maximum absolute atomic E-state index is 13.3. The van der Waals surface area contributed by atoms with E-state index in [4.69, 9.17) is 4.42 Å². The quantitative estimate of drug-likeness (QED) is 0.594. The Bertz CT molecular complexity index is 1230. The number of carbonyl (C=O) groups excluding carboxylic acids is 1. The molecule has 2 bridgehead atoms. The summed E-state index contributed by atoms with van der Waals surface area (Å²) in [5.74, 6) is 1.88. The van der Waals surface area contributed by atoms with Crippen LogP contribution in [0.25, 0.3) is 11.5 Å². The van der Waals surface area contributed by atoms with Gasteiger partial charge in [0, 0.05) is 50.1 Å². The molecule has 0 aliphatic carbocycles. The second kappa shape index (κ2) is 9.29. The number of carbonyl (C=O) groups is 1. The molecule has 0 unspecified atom stereocenters. The van der Waals surface area contributed by atoms with Gasteiger partial charge in [0.15, 0.2) is 0 Å². The van der Waals surface area contributed by atoms with Crippen molar-refractivity contribution in [1.82, 2.24) is 24.8 Å². The summed E-state index contributed by atoms with van der Waals surface area (Å²) in [5.41, 5.74) is 2.68. The van der Waals surface area contributed by atoms with Gasteiger partial charge < -0.3 is 19.2 Å². The number of nitrogens with one attached hydrogen (secondary N) is 1. The zero-order chi connectivity index (χ0) is 20.9. The van der Waals surface area contributed by atoms with Crippen molar-refractivity contribution in [2.45, 2.75) is 31.8 Å². The Morgan fingerprint density at radius 1 is 1.18 bits per heavy atom. The fourth-order valence-electron chi connectivity index (χ4n) is 5.11. The van der Waals surface area contributed by atoms with Gasteiger partial charge in [-0.15, -0.1) is 24.8 Å². The van der Waals surface area contributed by atoms with Gasteiger partial charge in [0.05, 0.1) is 12.1 Å². The molecule has 1 amide bonds. The SMILES string of the molecule is Cl.Cl.O=C(c1ccc2n(c1=O)C[C@@H]1CNC[C@H]2C1)N1CCc2oc(-c3cccnc3)nc2C1. The first-order valence-electron chi connectivity index (χ1n) is 10.8. The molecule has 1 N–H and O–H groups in total. The highest BCUT2D eigenvalue weighted by molar-refractivity contribution is 5.94. The summed E-state index contributed by atoms with van der Waals surface area (Å²) in [6, 6.07) is 7.41. The molecule has 8 nitrogen and oxygen atoms in total. The molecule has 33 heavy (non-hydrogen) atoms. The molecule has 174 valence electrons. The van der Waals surface area contributed by atoms with Gasteiger partial charge in [-0.25, -0.2) is 4.98 Å². The lowest BCUT2D eigenvalue weighted by atomic mass is 9.84. The lowest BCUT2D eigenvalue weighted by Crippen LogP contribution is -2.46. The molecule has 2 atom stereocenters. The number of hydrogen-bond acceptors (Lipinski definition) is 6. The molecule has 3 aromatic rings. The van der Waals surface area contributed by atoms with Crippen molar-refractivity contribution in [3.05, 3.63) is 69.7 Å². The predicted octanol–water partition coefficient (Wildman–Crippen LogP) is 2.65. The van der Waals surface area contributed by atoms with E-state index in [1.165, 1.54) is 0 Å². The number of hydrogen-bond donors (Lipinski definition) is 1. The third kappa shape index (κ3) is 4.07. The van der Waals surface area contributed by atoms with E-state index in [9.17, 15) is 9.59 Å². The highest BCUT2D eigenvalue weighted by atomic mass is 35.5. The molecule has 3 aromatic heterocycles. The Morgan fingerprint density at radius 2 is 2.06 bits per heavy atom. The largest absolute Gasteiger partial charge is 0.441 e. The van der Waals surface area contributed by atoms with E-state index in [2.05, 4.69) is 15.3 Å². The molecular weight excluding hydrogens is 465 g/mol. The van der Waals surface area contributed by atoms with Crippen LogP contribution in [-0.2, 0) is 19.5 Å². The number of pyridine rings is 2. The number of fused-ring (bicyclic) bond motifs is 5. The van der Waals surface area contributed by atoms with E-state index in [1.54, 1.807) is 23.4 Å². The van der Waals surface area contributed by atoms with Crippen LogP contribution in [0.15, 0.2) is 45.9 Å². The van der Waals surface area contributed by atoms with E-state index in [-0.39, 0.29) is 41.8 Å². The van der Waals surface area contributed by atoms with Gasteiger partial charge in [-0.1, -0.05) is 0 Å². The topological polar surface area (TPSA) is 93.3 Å². The molecular formula is C23H25Cl2N5O3. The number of aromatic nitrogens is 3. The Kier molecular flexibility index (Phi) is 6.61. The van der Waals surface area contributed by atoms with Crippen LogP contribution in [0.1, 0.15) is 39.8 Å². The van der Waals surface area contributed by atoms with Crippen LogP contribution >= 0.6 is 24.8 Å². The highest BCUT2D eigenvalue weighted by Crippen LogP contribution is 2.32. The molecule has 0 saturated carbocycles. The van der Waals surface area contributed by atoms with Crippen molar-refractivity contribution in [3.8, 4) is 11.5 Å². The molecule has 0 aromatic carbocycles. The van der Waals surface area contributed by atoms with E-state index in [0.29, 0.717) is 43.8 Å². The van der Waals surface area contributed by atoms with Crippen LogP contribution < -0.4 is 10.9 Å². The minimum atomic E-state index is -0.231. The first-order chi connectivity index (χ1) is 15.2. The van der Waals surface area contributed by atoms with Gasteiger partial charge in [-0.05, 0) is 43.1 Å². The normalized spacial score (nSPS) is 20.7. The van der Waals surface area contributed by atoms with E-state index < -0.39 is 0 Å². The van der Waals surface area contributed by atoms with Crippen LogP contribution in [0.2, 0.25) is 0 Å². The van der Waals surface area contributed by atoms with Crippen molar-refractivity contribution < 1.29 is 9.21 Å². The molecule has 10 heteroatoms. The first-order valence-corrected chi connectivity index (χ1v) is 10.8. The summed E-state index contributed by atoms with van der Waals surface area (Å²) >= 11 is 0. The maximum Gasteiger partial charge on any atom is 0.263 e. The molecule has 1 saturated heterocycles. The summed E-state index contributed by atoms with van der Waals surface area (Å²) in [7, 11) is 0. The standard InChI is InChI=1S/C23H23N5O3.2ClH/c29-22(17-3-4-19-16-8-14(9-25-11-16)12-28(19)23(17)30)27-7-5-20-18(13-27)26-21(31-20)15-2-1-6-24-10-15;;/h1-4,6,10,14,16,25H,5,7-9,11-13H2;2*1H/t14-,16+;;/m0../s1. The van der Waals surface area contributed by atoms with Gasteiger partial charge in [0.25, 0.3) is 11.5 Å². The van der Waals surface area contributed by atoms with Gasteiger partial charge in [-0.3, -0.25) is 14.6 Å². The van der Waals surface area contributed by atoms with Crippen molar-refractivity contribution in [2.75, 3.05) is 19.6 Å². The van der Waals surface area contributed by atoms with Gasteiger partial charge in [-0.2, -0.15) is 0 Å². The number of oxazole rings is 1. The monoisotopic (exact) mass is 489 g/mol. The smallest absolute Gasteiger partial charge is 0.263 e. The lowest BCUT2D eigenvalue weighted by Gasteiger charge is -2.37.